The van der Waals surface area contributed by atoms with Gasteiger partial charge in [0.15, 0.2) is 0 Å². The fraction of sp³-hybridized carbons (Fsp3) is 0.435. The molecule has 0 saturated heterocycles. The number of rotatable bonds is 6. The first-order valence-electron chi connectivity index (χ1n) is 9.68. The molecule has 4 nitrogen and oxygen atoms in total. The van der Waals surface area contributed by atoms with E-state index in [2.05, 4.69) is 43.3 Å². The Labute approximate surface area is 162 Å². The Morgan fingerprint density at radius 3 is 2.44 bits per heavy atom. The maximum absolute atomic E-state index is 12.6. The van der Waals surface area contributed by atoms with Gasteiger partial charge in [0.05, 0.1) is 12.7 Å². The third kappa shape index (κ3) is 4.82. The lowest BCUT2D eigenvalue weighted by Gasteiger charge is -2.32. The zero-order chi connectivity index (χ0) is 19.2. The van der Waals surface area contributed by atoms with Gasteiger partial charge in [-0.25, -0.2) is 4.79 Å². The Balaban J connectivity index is 1.71. The molecule has 0 spiro atoms. The molecular formula is C23H29NO3. The molecule has 4 heteroatoms. The molecule has 0 N–H and O–H groups in total. The molecule has 0 amide bonds. The second kappa shape index (κ2) is 8.94. The molecule has 2 aromatic rings. The topological polar surface area (TPSA) is 38.8 Å². The van der Waals surface area contributed by atoms with Crippen LogP contribution >= 0.6 is 0 Å². The summed E-state index contributed by atoms with van der Waals surface area (Å²) in [5, 5.41) is 0. The molecule has 0 aliphatic heterocycles. The van der Waals surface area contributed by atoms with Crippen molar-refractivity contribution in [3.05, 3.63) is 59.7 Å². The van der Waals surface area contributed by atoms with Crippen LogP contribution in [0.4, 0.5) is 5.69 Å². The molecule has 2 unspecified atom stereocenters. The maximum atomic E-state index is 12.6. The Bertz CT molecular complexity index is 754. The molecular weight excluding hydrogens is 338 g/mol. The van der Waals surface area contributed by atoms with Crippen molar-refractivity contribution in [1.29, 1.82) is 0 Å². The van der Waals surface area contributed by atoms with Crippen molar-refractivity contribution in [2.45, 2.75) is 38.2 Å². The van der Waals surface area contributed by atoms with Gasteiger partial charge in [-0.1, -0.05) is 24.6 Å². The van der Waals surface area contributed by atoms with Gasteiger partial charge in [-0.15, -0.1) is 0 Å². The van der Waals surface area contributed by atoms with Gasteiger partial charge >= 0.3 is 5.97 Å². The molecule has 0 aromatic heterocycles. The number of carbonyl (C=O) groups is 1. The third-order valence-corrected chi connectivity index (χ3v) is 5.38. The van der Waals surface area contributed by atoms with Gasteiger partial charge < -0.3 is 14.4 Å². The molecule has 2 atom stereocenters. The molecule has 1 saturated carbocycles. The summed E-state index contributed by atoms with van der Waals surface area (Å²) in [6.07, 6.45) is 5.27. The summed E-state index contributed by atoms with van der Waals surface area (Å²) < 4.78 is 11.1. The molecule has 27 heavy (non-hydrogen) atoms. The number of carbonyl (C=O) groups excluding carboxylic acids is 1. The quantitative estimate of drug-likeness (QED) is 0.693. The Kier molecular flexibility index (Phi) is 6.38. The van der Waals surface area contributed by atoms with Crippen LogP contribution in [0.2, 0.25) is 0 Å². The molecule has 1 aliphatic carbocycles. The van der Waals surface area contributed by atoms with E-state index in [1.807, 2.05) is 0 Å². The molecule has 3 rings (SSSR count). The summed E-state index contributed by atoms with van der Waals surface area (Å²) in [7, 11) is 5.76. The SMILES string of the molecule is COc1ccc(C(=O)OC2CCCCC2Cc2ccccc2N(C)C)cc1. The first-order chi connectivity index (χ1) is 13.1. The largest absolute Gasteiger partial charge is 0.497 e. The number of hydrogen-bond donors (Lipinski definition) is 0. The van der Waals surface area contributed by atoms with E-state index in [9.17, 15) is 4.79 Å². The van der Waals surface area contributed by atoms with Crippen LogP contribution in [0.1, 0.15) is 41.6 Å². The summed E-state index contributed by atoms with van der Waals surface area (Å²) >= 11 is 0. The lowest BCUT2D eigenvalue weighted by molar-refractivity contribution is 0.00146. The van der Waals surface area contributed by atoms with Crippen molar-refractivity contribution in [1.82, 2.24) is 0 Å². The summed E-state index contributed by atoms with van der Waals surface area (Å²) in [5.74, 6) is 0.861. The van der Waals surface area contributed by atoms with E-state index in [1.54, 1.807) is 31.4 Å². The highest BCUT2D eigenvalue weighted by molar-refractivity contribution is 5.89. The van der Waals surface area contributed by atoms with Gasteiger partial charge in [0, 0.05) is 25.7 Å². The lowest BCUT2D eigenvalue weighted by Crippen LogP contribution is -2.32. The van der Waals surface area contributed by atoms with Crippen LogP contribution in [0.5, 0.6) is 5.75 Å². The van der Waals surface area contributed by atoms with Crippen LogP contribution in [0.3, 0.4) is 0 Å². The van der Waals surface area contributed by atoms with Crippen LogP contribution in [-0.4, -0.2) is 33.3 Å². The van der Waals surface area contributed by atoms with Gasteiger partial charge in [0.25, 0.3) is 0 Å². The van der Waals surface area contributed by atoms with Crippen molar-refractivity contribution >= 4 is 11.7 Å². The van der Waals surface area contributed by atoms with Gasteiger partial charge in [-0.2, -0.15) is 0 Å². The van der Waals surface area contributed by atoms with Crippen LogP contribution in [-0.2, 0) is 11.2 Å². The average molecular weight is 367 g/mol. The number of esters is 1. The van der Waals surface area contributed by atoms with E-state index in [4.69, 9.17) is 9.47 Å². The monoisotopic (exact) mass is 367 g/mol. The fourth-order valence-corrected chi connectivity index (χ4v) is 3.90. The minimum atomic E-state index is -0.240. The zero-order valence-corrected chi connectivity index (χ0v) is 16.5. The van der Waals surface area contributed by atoms with E-state index >= 15 is 0 Å². The first kappa shape index (κ1) is 19.3. The molecule has 0 radical (unpaired) electrons. The zero-order valence-electron chi connectivity index (χ0n) is 16.5. The smallest absolute Gasteiger partial charge is 0.338 e. The molecule has 144 valence electrons. The van der Waals surface area contributed by atoms with E-state index in [0.717, 1.165) is 31.4 Å². The highest BCUT2D eigenvalue weighted by Crippen LogP contribution is 2.32. The standard InChI is InChI=1S/C23H29NO3/c1-24(2)21-10-6-4-8-18(21)16-19-9-5-7-11-22(19)27-23(25)17-12-14-20(26-3)15-13-17/h4,6,8,10,12-15,19,22H,5,7,9,11,16H2,1-3H3. The predicted molar refractivity (Wildman–Crippen MR) is 109 cm³/mol. The van der Waals surface area contributed by atoms with E-state index in [1.165, 1.54) is 17.7 Å². The summed E-state index contributed by atoms with van der Waals surface area (Å²) in [6, 6.07) is 15.6. The van der Waals surface area contributed by atoms with Crippen LogP contribution in [0, 0.1) is 5.92 Å². The van der Waals surface area contributed by atoms with E-state index < -0.39 is 0 Å². The normalized spacial score (nSPS) is 19.4. The summed E-state index contributed by atoms with van der Waals surface area (Å²) in [6.45, 7) is 0. The van der Waals surface area contributed by atoms with Gasteiger partial charge in [-0.3, -0.25) is 0 Å². The van der Waals surface area contributed by atoms with E-state index in [-0.39, 0.29) is 12.1 Å². The number of para-hydroxylation sites is 1. The summed E-state index contributed by atoms with van der Waals surface area (Å²) in [5.41, 5.74) is 3.14. The highest BCUT2D eigenvalue weighted by atomic mass is 16.5. The van der Waals surface area contributed by atoms with Gasteiger partial charge in [-0.05, 0) is 61.6 Å². The lowest BCUT2D eigenvalue weighted by atomic mass is 9.82. The Hall–Kier alpha value is -2.49. The first-order valence-corrected chi connectivity index (χ1v) is 9.68. The Morgan fingerprint density at radius 1 is 1.04 bits per heavy atom. The molecule has 2 aromatic carbocycles. The number of benzene rings is 2. The van der Waals surface area contributed by atoms with Crippen molar-refractivity contribution in [3.8, 4) is 5.75 Å². The van der Waals surface area contributed by atoms with Gasteiger partial charge in [0.2, 0.25) is 0 Å². The predicted octanol–water partition coefficient (Wildman–Crippen LogP) is 4.72. The van der Waals surface area contributed by atoms with Crippen LogP contribution < -0.4 is 9.64 Å². The summed E-state index contributed by atoms with van der Waals surface area (Å²) in [4.78, 5) is 14.8. The Morgan fingerprint density at radius 2 is 1.74 bits per heavy atom. The van der Waals surface area contributed by atoms with Gasteiger partial charge in [0.1, 0.15) is 11.9 Å². The fourth-order valence-electron chi connectivity index (χ4n) is 3.90. The van der Waals surface area contributed by atoms with Crippen molar-refractivity contribution < 1.29 is 14.3 Å². The number of ether oxygens (including phenoxy) is 2. The van der Waals surface area contributed by atoms with E-state index in [0.29, 0.717) is 11.5 Å². The number of anilines is 1. The van der Waals surface area contributed by atoms with Crippen LogP contribution in [0.25, 0.3) is 0 Å². The molecule has 1 aliphatic rings. The number of nitrogens with zero attached hydrogens (tertiary/aromatic N) is 1. The minimum absolute atomic E-state index is 0.0245. The van der Waals surface area contributed by atoms with Crippen LogP contribution in [0.15, 0.2) is 48.5 Å². The number of methoxy groups -OCH3 is 1. The minimum Gasteiger partial charge on any atom is -0.497 e. The highest BCUT2D eigenvalue weighted by Gasteiger charge is 2.29. The number of hydrogen-bond acceptors (Lipinski definition) is 4. The maximum Gasteiger partial charge on any atom is 0.338 e. The van der Waals surface area contributed by atoms with Crippen molar-refractivity contribution in [2.75, 3.05) is 26.1 Å². The average Bonchev–Trinajstić information content (AvgIpc) is 2.69. The van der Waals surface area contributed by atoms with Crippen molar-refractivity contribution in [3.63, 3.8) is 0 Å². The molecule has 1 fully saturated rings. The van der Waals surface area contributed by atoms with Crippen molar-refractivity contribution in [2.24, 2.45) is 5.92 Å². The second-order valence-corrected chi connectivity index (χ2v) is 7.44. The second-order valence-electron chi connectivity index (χ2n) is 7.44. The molecule has 0 bridgehead atoms. The third-order valence-electron chi connectivity index (χ3n) is 5.38. The molecule has 0 heterocycles.